The third-order valence-corrected chi connectivity index (χ3v) is 13.3. The molecule has 4 aromatic rings. The molecule has 5 heterocycles. The number of halogens is 2. The molecule has 0 saturated carbocycles. The SMILES string of the molecule is CCOc1nc(SC)ncc1C1=NC(c2ccc(Cl)cc2)CN1[C@@H]1CN(C=O)CC[N@@+]1(CCS(C)(=O)=O)N1CC(c2ccc(Cl)cc2)N=C1c1cnc(SC)nc1OCC. The number of sulfone groups is 1. The van der Waals surface area contributed by atoms with Crippen LogP contribution in [-0.4, -0.2) is 149 Å². The molecule has 2 aromatic carbocycles. The minimum atomic E-state index is -3.52. The Morgan fingerprint density at radius 1 is 0.800 bits per heavy atom. The van der Waals surface area contributed by atoms with Crippen LogP contribution < -0.4 is 9.47 Å². The summed E-state index contributed by atoms with van der Waals surface area (Å²) in [7, 11) is -3.52. The molecule has 2 unspecified atom stereocenters. The molecule has 0 aliphatic carbocycles. The van der Waals surface area contributed by atoms with Crippen molar-refractivity contribution >= 4 is 74.6 Å². The van der Waals surface area contributed by atoms with Gasteiger partial charge >= 0.3 is 0 Å². The number of amidine groups is 2. The van der Waals surface area contributed by atoms with Crippen LogP contribution in [0.3, 0.4) is 0 Å². The van der Waals surface area contributed by atoms with Gasteiger partial charge in [-0.15, -0.1) is 0 Å². The van der Waals surface area contributed by atoms with Crippen molar-refractivity contribution in [3.63, 3.8) is 0 Å². The second-order valence-corrected chi connectivity index (χ2v) is 19.1. The molecule has 0 spiro atoms. The Morgan fingerprint density at radius 3 is 1.82 bits per heavy atom. The van der Waals surface area contributed by atoms with Gasteiger partial charge in [0.15, 0.2) is 26.0 Å². The van der Waals surface area contributed by atoms with Crippen LogP contribution >= 0.6 is 46.7 Å². The van der Waals surface area contributed by atoms with Gasteiger partial charge < -0.3 is 19.3 Å². The van der Waals surface area contributed by atoms with E-state index in [0.717, 1.165) is 17.5 Å². The first-order chi connectivity index (χ1) is 28.9. The maximum Gasteiger partial charge on any atom is 0.228 e. The van der Waals surface area contributed by atoms with Crippen LogP contribution in [0.5, 0.6) is 11.8 Å². The van der Waals surface area contributed by atoms with Crippen LogP contribution in [0.2, 0.25) is 10.0 Å². The van der Waals surface area contributed by atoms with Crippen molar-refractivity contribution < 1.29 is 27.3 Å². The Bertz CT molecular complexity index is 2360. The average molecular weight is 915 g/mol. The Labute approximate surface area is 369 Å². The number of hydrogen-bond donors (Lipinski definition) is 0. The highest BCUT2D eigenvalue weighted by Gasteiger charge is 2.56. The molecule has 4 atom stereocenters. The van der Waals surface area contributed by atoms with E-state index < -0.39 is 22.0 Å². The largest absolute Gasteiger partial charge is 0.477 e. The smallest absolute Gasteiger partial charge is 0.228 e. The van der Waals surface area contributed by atoms with Crippen molar-refractivity contribution in [2.75, 3.05) is 77.0 Å². The van der Waals surface area contributed by atoms with E-state index >= 15 is 0 Å². The number of rotatable bonds is 16. The van der Waals surface area contributed by atoms with Gasteiger partial charge in [-0.3, -0.25) is 14.8 Å². The molecule has 3 aliphatic rings. The van der Waals surface area contributed by atoms with Crippen LogP contribution in [0, 0.1) is 0 Å². The summed E-state index contributed by atoms with van der Waals surface area (Å²) in [6.07, 6.45) is 8.73. The second kappa shape index (κ2) is 18.8. The second-order valence-electron chi connectivity index (χ2n) is 14.4. The van der Waals surface area contributed by atoms with Crippen LogP contribution in [0.25, 0.3) is 0 Å². The highest BCUT2D eigenvalue weighted by atomic mass is 35.5. The normalized spacial score (nSPS) is 21.9. The van der Waals surface area contributed by atoms with Crippen molar-refractivity contribution in [1.29, 1.82) is 0 Å². The fourth-order valence-electron chi connectivity index (χ4n) is 7.86. The summed E-state index contributed by atoms with van der Waals surface area (Å²) >= 11 is 15.5. The summed E-state index contributed by atoms with van der Waals surface area (Å²) in [5.41, 5.74) is 2.98. The van der Waals surface area contributed by atoms with Crippen molar-refractivity contribution in [3.05, 3.63) is 93.2 Å². The molecule has 1 saturated heterocycles. The summed E-state index contributed by atoms with van der Waals surface area (Å²) in [4.78, 5) is 46.3. The van der Waals surface area contributed by atoms with Crippen LogP contribution in [0.15, 0.2) is 81.2 Å². The Balaban J connectivity index is 1.46. The maximum absolute atomic E-state index is 13.3. The maximum atomic E-state index is 13.3. The first-order valence-electron chi connectivity index (χ1n) is 19.4. The van der Waals surface area contributed by atoms with E-state index in [2.05, 4.69) is 19.9 Å². The fourth-order valence-corrected chi connectivity index (χ4v) is 9.43. The highest BCUT2D eigenvalue weighted by Crippen LogP contribution is 2.41. The number of ether oxygens (including phenoxy) is 2. The molecule has 1 fully saturated rings. The predicted octanol–water partition coefficient (Wildman–Crippen LogP) is 5.70. The molecule has 60 heavy (non-hydrogen) atoms. The molecule has 3 aliphatic heterocycles. The summed E-state index contributed by atoms with van der Waals surface area (Å²) in [6, 6.07) is 14.4. The first-order valence-corrected chi connectivity index (χ1v) is 24.7. The summed E-state index contributed by atoms with van der Waals surface area (Å²) < 4.78 is 39.1. The fraction of sp³-hybridized carbons (Fsp3) is 0.425. The van der Waals surface area contributed by atoms with E-state index in [1.54, 1.807) is 17.3 Å². The number of amides is 1. The lowest BCUT2D eigenvalue weighted by atomic mass is 10.1. The van der Waals surface area contributed by atoms with Gasteiger partial charge in [0.2, 0.25) is 24.3 Å². The van der Waals surface area contributed by atoms with Gasteiger partial charge in [0.05, 0.1) is 51.0 Å². The lowest BCUT2D eigenvalue weighted by Crippen LogP contribution is -2.77. The number of carbonyl (C=O) groups excluding carboxylic acids is 1. The van der Waals surface area contributed by atoms with E-state index in [1.807, 2.05) is 74.9 Å². The molecular formula is C40H47Cl2N10O5S3+. The lowest BCUT2D eigenvalue weighted by molar-refractivity contribution is -1.05. The summed E-state index contributed by atoms with van der Waals surface area (Å²) in [6.45, 7) is 6.26. The van der Waals surface area contributed by atoms with Crippen molar-refractivity contribution in [2.24, 2.45) is 9.98 Å². The van der Waals surface area contributed by atoms with Gasteiger partial charge in [-0.2, -0.15) is 14.6 Å². The zero-order valence-corrected chi connectivity index (χ0v) is 37.9. The standard InChI is InChI=1S/C40H47Cl2N10O5S3/c1-6-56-37-30(20-43-39(47-37)58-3)35-45-32(26-8-12-28(41)13-9-26)22-50(35)34-24-49(25-53)16-17-52(34,18-19-60(5,54)55)51-23-33(27-10-14-29(42)15-11-27)46-36(51)31-21-44-40(59-4)48-38(31)57-7-2/h8-15,20-21,25,32-34H,6-7,16-19,22-24H2,1-5H3/q+1/t32?,33?,34-,52-/m0/s1. The monoisotopic (exact) mass is 913 g/mol. The average Bonchev–Trinajstić information content (AvgIpc) is 3.89. The molecule has 2 aromatic heterocycles. The number of benzene rings is 2. The predicted molar refractivity (Wildman–Crippen MR) is 236 cm³/mol. The number of carbonyl (C=O) groups is 1. The summed E-state index contributed by atoms with van der Waals surface area (Å²) in [5, 5.41) is 4.43. The number of hydrogen-bond acceptors (Lipinski definition) is 15. The van der Waals surface area contributed by atoms with Crippen molar-refractivity contribution in [1.82, 2.24) is 34.7 Å². The quantitative estimate of drug-likeness (QED) is 0.0585. The molecule has 0 N–H and O–H groups in total. The van der Waals surface area contributed by atoms with Gasteiger partial charge in [0.25, 0.3) is 0 Å². The third kappa shape index (κ3) is 9.33. The van der Waals surface area contributed by atoms with Gasteiger partial charge in [-0.1, -0.05) is 71.0 Å². The topological polar surface area (TPSA) is 156 Å². The molecule has 0 bridgehead atoms. The highest BCUT2D eigenvalue weighted by molar-refractivity contribution is 7.98. The van der Waals surface area contributed by atoms with Crippen LogP contribution in [0.4, 0.5) is 0 Å². The van der Waals surface area contributed by atoms with E-state index in [-0.39, 0.29) is 29.5 Å². The Morgan fingerprint density at radius 2 is 1.32 bits per heavy atom. The summed E-state index contributed by atoms with van der Waals surface area (Å²) in [5.74, 6) is 1.67. The molecule has 15 nitrogen and oxygen atoms in total. The van der Waals surface area contributed by atoms with E-state index in [9.17, 15) is 13.2 Å². The zero-order valence-electron chi connectivity index (χ0n) is 33.9. The molecule has 7 rings (SSSR count). The van der Waals surface area contributed by atoms with Crippen LogP contribution in [-0.2, 0) is 14.6 Å². The van der Waals surface area contributed by atoms with E-state index in [0.29, 0.717) is 94.3 Å². The van der Waals surface area contributed by atoms with Crippen molar-refractivity contribution in [2.45, 2.75) is 42.4 Å². The van der Waals surface area contributed by atoms with Gasteiger partial charge in [-0.25, -0.2) is 23.4 Å². The number of aromatic nitrogens is 4. The van der Waals surface area contributed by atoms with E-state index in [4.69, 9.17) is 52.6 Å². The number of piperazine rings is 1. The van der Waals surface area contributed by atoms with Gasteiger partial charge in [-0.05, 0) is 61.8 Å². The van der Waals surface area contributed by atoms with Crippen molar-refractivity contribution in [3.8, 4) is 11.8 Å². The lowest BCUT2D eigenvalue weighted by Gasteiger charge is -2.56. The molecule has 20 heteroatoms. The number of nitrogens with zero attached hydrogens (tertiary/aromatic N) is 10. The Kier molecular flexibility index (Phi) is 13.8. The number of quaternary nitrogens is 1. The first kappa shape index (κ1) is 43.9. The number of thioether (sulfide) groups is 2. The van der Waals surface area contributed by atoms with E-state index in [1.165, 1.54) is 29.8 Å². The molecular weight excluding hydrogens is 868 g/mol. The minimum Gasteiger partial charge on any atom is -0.477 e. The van der Waals surface area contributed by atoms with Gasteiger partial charge in [0.1, 0.15) is 36.3 Å². The molecule has 1 amide bonds. The molecule has 318 valence electrons. The van der Waals surface area contributed by atoms with Crippen LogP contribution in [0.1, 0.15) is 48.2 Å². The Hall–Kier alpha value is -4.20. The zero-order chi connectivity index (χ0) is 42.6. The minimum absolute atomic E-state index is 0.0657. The molecule has 0 radical (unpaired) electrons. The third-order valence-electron chi connectivity index (χ3n) is 10.7. The van der Waals surface area contributed by atoms with Gasteiger partial charge in [0, 0.05) is 28.7 Å². The number of aliphatic imine (C=N–C) groups is 2.